The lowest BCUT2D eigenvalue weighted by molar-refractivity contribution is 1.26. The van der Waals surface area contributed by atoms with Crippen LogP contribution in [0.15, 0.2) is 25.3 Å². The van der Waals surface area contributed by atoms with Gasteiger partial charge in [-0.1, -0.05) is 33.7 Å². The zero-order chi connectivity index (χ0) is 9.78. The van der Waals surface area contributed by atoms with Crippen LogP contribution in [0, 0.1) is 0 Å². The predicted octanol–water partition coefficient (Wildman–Crippen LogP) is 5.46. The molecule has 13 heavy (non-hydrogen) atoms. The molecular weight excluding hydrogens is 256 g/mol. The first kappa shape index (κ1) is 14.2. The van der Waals surface area contributed by atoms with Gasteiger partial charge in [-0.2, -0.15) is 0 Å². The van der Waals surface area contributed by atoms with E-state index in [1.165, 1.54) is 11.5 Å². The predicted molar refractivity (Wildman–Crippen MR) is 77.3 cm³/mol. The summed E-state index contributed by atoms with van der Waals surface area (Å²) in [6.07, 6.45) is 6.13. The van der Waals surface area contributed by atoms with Crippen LogP contribution in [0.3, 0.4) is 0 Å². The van der Waals surface area contributed by atoms with Gasteiger partial charge in [0.15, 0.2) is 0 Å². The van der Waals surface area contributed by atoms with Crippen molar-refractivity contribution in [3.63, 3.8) is 0 Å². The quantitative estimate of drug-likeness (QED) is 0.292. The van der Waals surface area contributed by atoms with Crippen molar-refractivity contribution in [2.24, 2.45) is 0 Å². The fourth-order valence-corrected chi connectivity index (χ4v) is 9.14. The summed E-state index contributed by atoms with van der Waals surface area (Å²) in [6.45, 7) is 7.36. The summed E-state index contributed by atoms with van der Waals surface area (Å²) in [6, 6.07) is 0. The molecule has 76 valence electrons. The minimum atomic E-state index is 1.10. The summed E-state index contributed by atoms with van der Waals surface area (Å²) in [5, 5.41) is 0. The molecule has 0 aliphatic rings. The van der Waals surface area contributed by atoms with Gasteiger partial charge in [-0.05, 0) is 42.3 Å². The summed E-state index contributed by atoms with van der Waals surface area (Å²) in [5.74, 6) is 2.33. The Hall–Kier alpha value is 1.23. The smallest absolute Gasteiger partial charge is 0.00799 e. The highest BCUT2D eigenvalue weighted by atomic mass is 33.8. The van der Waals surface area contributed by atoms with Crippen molar-refractivity contribution in [2.45, 2.75) is 12.8 Å². The van der Waals surface area contributed by atoms with Crippen LogP contribution in [-0.2, 0) is 0 Å². The van der Waals surface area contributed by atoms with Crippen LogP contribution in [0.4, 0.5) is 0 Å². The maximum atomic E-state index is 3.68. The molecule has 0 saturated carbocycles. The van der Waals surface area contributed by atoms with E-state index in [0.717, 1.165) is 12.8 Å². The monoisotopic (exact) mass is 270 g/mol. The van der Waals surface area contributed by atoms with E-state index in [1.807, 2.05) is 63.2 Å². The number of allylic oxidation sites excluding steroid dienone is 2. The van der Waals surface area contributed by atoms with Gasteiger partial charge in [-0.15, -0.1) is 13.2 Å². The molecule has 0 spiro atoms. The Kier molecular flexibility index (Phi) is 14.5. The molecule has 0 aromatic heterocycles. The van der Waals surface area contributed by atoms with Gasteiger partial charge < -0.3 is 0 Å². The Bertz CT molecular complexity index is 112. The van der Waals surface area contributed by atoms with E-state index in [9.17, 15) is 0 Å². The minimum Gasteiger partial charge on any atom is -0.103 e. The van der Waals surface area contributed by atoms with E-state index in [1.54, 1.807) is 0 Å². The van der Waals surface area contributed by atoms with Crippen molar-refractivity contribution in [2.75, 3.05) is 11.5 Å². The number of hydrogen-bond donors (Lipinski definition) is 0. The van der Waals surface area contributed by atoms with Crippen molar-refractivity contribution in [3.8, 4) is 0 Å². The van der Waals surface area contributed by atoms with Crippen molar-refractivity contribution >= 4 is 51.1 Å². The van der Waals surface area contributed by atoms with Gasteiger partial charge in [0.1, 0.15) is 0 Å². The van der Waals surface area contributed by atoms with Crippen LogP contribution in [0.1, 0.15) is 12.8 Å². The normalized spacial score (nSPS) is 9.85. The highest BCUT2D eigenvalue weighted by Gasteiger charge is 1.92. The second-order valence-electron chi connectivity index (χ2n) is 2.00. The van der Waals surface area contributed by atoms with Gasteiger partial charge >= 0.3 is 0 Å². The molecular formula is C8H14S5. The van der Waals surface area contributed by atoms with E-state index in [2.05, 4.69) is 13.2 Å². The Morgan fingerprint density at radius 1 is 0.769 bits per heavy atom. The van der Waals surface area contributed by atoms with Gasteiger partial charge in [0, 0.05) is 11.5 Å². The molecule has 0 atom stereocenters. The zero-order valence-corrected chi connectivity index (χ0v) is 11.5. The highest BCUT2D eigenvalue weighted by Crippen LogP contribution is 2.48. The van der Waals surface area contributed by atoms with E-state index >= 15 is 0 Å². The lowest BCUT2D eigenvalue weighted by Crippen LogP contribution is -1.67. The van der Waals surface area contributed by atoms with Gasteiger partial charge in [-0.25, -0.2) is 0 Å². The van der Waals surface area contributed by atoms with Gasteiger partial charge in [0.2, 0.25) is 0 Å². The zero-order valence-electron chi connectivity index (χ0n) is 7.44. The molecule has 0 amide bonds. The van der Waals surface area contributed by atoms with Gasteiger partial charge in [0.25, 0.3) is 0 Å². The van der Waals surface area contributed by atoms with Crippen LogP contribution in [0.5, 0.6) is 0 Å². The average molecular weight is 271 g/mol. The van der Waals surface area contributed by atoms with Crippen LogP contribution >= 0.6 is 51.1 Å². The van der Waals surface area contributed by atoms with E-state index in [4.69, 9.17) is 0 Å². The molecule has 0 aromatic rings. The Morgan fingerprint density at radius 2 is 1.23 bits per heavy atom. The lowest BCUT2D eigenvalue weighted by Gasteiger charge is -1.97. The SMILES string of the molecule is C=CCCSSSSSCCC=C. The van der Waals surface area contributed by atoms with E-state index in [0.29, 0.717) is 0 Å². The Morgan fingerprint density at radius 3 is 1.62 bits per heavy atom. The van der Waals surface area contributed by atoms with Crippen LogP contribution in [0.25, 0.3) is 0 Å². The standard InChI is InChI=1S/C8H14S5/c1-3-5-7-9-11-13-12-10-8-6-4-2/h3-4H,1-2,5-8H2. The number of hydrogen-bond acceptors (Lipinski definition) is 5. The molecule has 0 rings (SSSR count). The summed E-state index contributed by atoms with van der Waals surface area (Å²) >= 11 is 0. The summed E-state index contributed by atoms with van der Waals surface area (Å²) in [5.41, 5.74) is 0. The lowest BCUT2D eigenvalue weighted by atomic mass is 10.5. The third-order valence-electron chi connectivity index (χ3n) is 0.962. The van der Waals surface area contributed by atoms with Gasteiger partial charge in [0.05, 0.1) is 0 Å². The summed E-state index contributed by atoms with van der Waals surface area (Å²) in [4.78, 5) is 0. The molecule has 0 nitrogen and oxygen atoms in total. The molecule has 5 heteroatoms. The van der Waals surface area contributed by atoms with Crippen LogP contribution < -0.4 is 0 Å². The third-order valence-corrected chi connectivity index (χ3v) is 9.71. The second-order valence-corrected chi connectivity index (χ2v) is 10.0. The van der Waals surface area contributed by atoms with E-state index < -0.39 is 0 Å². The van der Waals surface area contributed by atoms with Gasteiger partial charge in [-0.3, -0.25) is 0 Å². The topological polar surface area (TPSA) is 0 Å². The Balaban J connectivity index is 2.83. The largest absolute Gasteiger partial charge is 0.103 e. The molecule has 0 aromatic carbocycles. The molecule has 0 aliphatic heterocycles. The first-order valence-corrected chi connectivity index (χ1v) is 10.4. The van der Waals surface area contributed by atoms with Crippen LogP contribution in [0.2, 0.25) is 0 Å². The van der Waals surface area contributed by atoms with Crippen molar-refractivity contribution in [3.05, 3.63) is 25.3 Å². The van der Waals surface area contributed by atoms with Crippen LogP contribution in [-0.4, -0.2) is 11.5 Å². The fourth-order valence-electron chi connectivity index (χ4n) is 0.382. The average Bonchev–Trinajstić information content (AvgIpc) is 2.16. The number of rotatable bonds is 10. The van der Waals surface area contributed by atoms with Crippen molar-refractivity contribution in [1.82, 2.24) is 0 Å². The summed E-state index contributed by atoms with van der Waals surface area (Å²) in [7, 11) is 9.34. The maximum Gasteiger partial charge on any atom is 0.00799 e. The molecule has 0 bridgehead atoms. The Labute approximate surface area is 100 Å². The molecule has 0 radical (unpaired) electrons. The molecule has 0 heterocycles. The van der Waals surface area contributed by atoms with Crippen molar-refractivity contribution < 1.29 is 0 Å². The molecule has 0 N–H and O–H groups in total. The molecule has 0 aliphatic carbocycles. The maximum absolute atomic E-state index is 3.68. The second kappa shape index (κ2) is 13.2. The first-order valence-electron chi connectivity index (χ1n) is 3.88. The minimum absolute atomic E-state index is 1.10. The third kappa shape index (κ3) is 13.2. The van der Waals surface area contributed by atoms with E-state index in [-0.39, 0.29) is 0 Å². The molecule has 0 unspecified atom stereocenters. The molecule has 0 fully saturated rings. The highest BCUT2D eigenvalue weighted by molar-refractivity contribution is 9.35. The van der Waals surface area contributed by atoms with Crippen molar-refractivity contribution in [1.29, 1.82) is 0 Å². The first-order chi connectivity index (χ1) is 6.41. The molecule has 0 saturated heterocycles. The fraction of sp³-hybridized carbons (Fsp3) is 0.500. The summed E-state index contributed by atoms with van der Waals surface area (Å²) < 4.78 is 0.